The third-order valence-electron chi connectivity index (χ3n) is 2.18. The number of hydrogen-bond acceptors (Lipinski definition) is 3. The lowest BCUT2D eigenvalue weighted by molar-refractivity contribution is 0.0344. The summed E-state index contributed by atoms with van der Waals surface area (Å²) in [7, 11) is 1.72. The lowest BCUT2D eigenvalue weighted by Crippen LogP contribution is -2.32. The molecular weight excluding hydrogens is 176 g/mol. The van der Waals surface area contributed by atoms with E-state index in [-0.39, 0.29) is 5.60 Å². The van der Waals surface area contributed by atoms with Gasteiger partial charge in [-0.2, -0.15) is 0 Å². The Morgan fingerprint density at radius 2 is 2.14 bits per heavy atom. The van der Waals surface area contributed by atoms with Crippen LogP contribution >= 0.6 is 0 Å². The van der Waals surface area contributed by atoms with E-state index < -0.39 is 0 Å². The van der Waals surface area contributed by atoms with Gasteiger partial charge in [-0.05, 0) is 32.9 Å². The van der Waals surface area contributed by atoms with Crippen molar-refractivity contribution in [2.45, 2.75) is 26.4 Å². The number of hydrogen-bond donors (Lipinski definition) is 1. The average Bonchev–Trinajstić information content (AvgIpc) is 2.17. The molecule has 0 spiro atoms. The zero-order valence-electron chi connectivity index (χ0n) is 9.29. The first-order chi connectivity index (χ1) is 6.53. The molecule has 1 aromatic heterocycles. The number of nitrogens with one attached hydrogen (secondary N) is 1. The van der Waals surface area contributed by atoms with Crippen molar-refractivity contribution in [2.24, 2.45) is 0 Å². The monoisotopic (exact) mass is 194 g/mol. The average molecular weight is 194 g/mol. The summed E-state index contributed by atoms with van der Waals surface area (Å²) in [6, 6.07) is 4.01. The number of nitrogens with zero attached hydrogens (tertiary/aromatic N) is 1. The van der Waals surface area contributed by atoms with E-state index >= 15 is 0 Å². The van der Waals surface area contributed by atoms with Gasteiger partial charge in [-0.15, -0.1) is 0 Å². The SMILES string of the molecule is COC(C)(C)CNc1ccc(C)nc1. The van der Waals surface area contributed by atoms with Gasteiger partial charge in [0.05, 0.1) is 17.5 Å². The summed E-state index contributed by atoms with van der Waals surface area (Å²) >= 11 is 0. The van der Waals surface area contributed by atoms with E-state index in [0.29, 0.717) is 0 Å². The van der Waals surface area contributed by atoms with Crippen molar-refractivity contribution >= 4 is 5.69 Å². The van der Waals surface area contributed by atoms with Crippen LogP contribution in [-0.2, 0) is 4.74 Å². The Morgan fingerprint density at radius 3 is 2.64 bits per heavy atom. The van der Waals surface area contributed by atoms with Gasteiger partial charge in [-0.1, -0.05) is 0 Å². The summed E-state index contributed by atoms with van der Waals surface area (Å²) in [4.78, 5) is 4.20. The van der Waals surface area contributed by atoms with Crippen molar-refractivity contribution in [1.29, 1.82) is 0 Å². The van der Waals surface area contributed by atoms with Crippen LogP contribution in [0, 0.1) is 6.92 Å². The van der Waals surface area contributed by atoms with Gasteiger partial charge in [0.2, 0.25) is 0 Å². The smallest absolute Gasteiger partial charge is 0.0794 e. The van der Waals surface area contributed by atoms with E-state index in [4.69, 9.17) is 4.74 Å². The van der Waals surface area contributed by atoms with Crippen molar-refractivity contribution in [2.75, 3.05) is 19.0 Å². The molecule has 0 aliphatic carbocycles. The Balaban J connectivity index is 2.50. The molecule has 0 amide bonds. The van der Waals surface area contributed by atoms with Crippen molar-refractivity contribution in [3.8, 4) is 0 Å². The highest BCUT2D eigenvalue weighted by molar-refractivity contribution is 5.41. The first kappa shape index (κ1) is 11.0. The molecule has 0 unspecified atom stereocenters. The maximum absolute atomic E-state index is 5.30. The minimum absolute atomic E-state index is 0.148. The largest absolute Gasteiger partial charge is 0.381 e. The standard InChI is InChI=1S/C11H18N2O/c1-9-5-6-10(7-12-9)13-8-11(2,3)14-4/h5-7,13H,8H2,1-4H3. The first-order valence-electron chi connectivity index (χ1n) is 4.75. The number of rotatable bonds is 4. The Kier molecular flexibility index (Phi) is 3.47. The molecule has 0 fully saturated rings. The minimum Gasteiger partial charge on any atom is -0.381 e. The zero-order chi connectivity index (χ0) is 10.6. The lowest BCUT2D eigenvalue weighted by atomic mass is 10.1. The fraction of sp³-hybridized carbons (Fsp3) is 0.545. The molecule has 78 valence electrons. The van der Waals surface area contributed by atoms with Crippen LogP contribution in [0.4, 0.5) is 5.69 Å². The van der Waals surface area contributed by atoms with E-state index in [1.165, 1.54) is 0 Å². The highest BCUT2D eigenvalue weighted by atomic mass is 16.5. The second-order valence-corrected chi connectivity index (χ2v) is 4.01. The number of ether oxygens (including phenoxy) is 1. The predicted molar refractivity (Wildman–Crippen MR) is 58.6 cm³/mol. The van der Waals surface area contributed by atoms with E-state index in [2.05, 4.69) is 10.3 Å². The molecule has 3 heteroatoms. The summed E-state index contributed by atoms with van der Waals surface area (Å²) in [6.45, 7) is 6.83. The predicted octanol–water partition coefficient (Wildman–Crippen LogP) is 2.23. The van der Waals surface area contributed by atoms with Gasteiger partial charge in [0, 0.05) is 19.3 Å². The van der Waals surface area contributed by atoms with Crippen LogP contribution < -0.4 is 5.32 Å². The molecule has 14 heavy (non-hydrogen) atoms. The Bertz CT molecular complexity index is 280. The van der Waals surface area contributed by atoms with Gasteiger partial charge in [0.15, 0.2) is 0 Å². The molecule has 0 saturated carbocycles. The second kappa shape index (κ2) is 4.42. The van der Waals surface area contributed by atoms with Crippen LogP contribution in [0.5, 0.6) is 0 Å². The molecule has 0 aliphatic rings. The van der Waals surface area contributed by atoms with E-state index in [9.17, 15) is 0 Å². The van der Waals surface area contributed by atoms with Crippen molar-refractivity contribution < 1.29 is 4.74 Å². The van der Waals surface area contributed by atoms with Gasteiger partial charge < -0.3 is 10.1 Å². The third-order valence-corrected chi connectivity index (χ3v) is 2.18. The minimum atomic E-state index is -0.148. The summed E-state index contributed by atoms with van der Waals surface area (Å²) in [5.74, 6) is 0. The fourth-order valence-electron chi connectivity index (χ4n) is 0.959. The van der Waals surface area contributed by atoms with Gasteiger partial charge in [0.1, 0.15) is 0 Å². The highest BCUT2D eigenvalue weighted by Gasteiger charge is 2.15. The Hall–Kier alpha value is -1.09. The third kappa shape index (κ3) is 3.34. The van der Waals surface area contributed by atoms with Crippen molar-refractivity contribution in [1.82, 2.24) is 4.98 Å². The van der Waals surface area contributed by atoms with Gasteiger partial charge in [-0.3, -0.25) is 4.98 Å². The Labute approximate surface area is 85.5 Å². The van der Waals surface area contributed by atoms with Crippen LogP contribution in [0.3, 0.4) is 0 Å². The number of aryl methyl sites for hydroxylation is 1. The van der Waals surface area contributed by atoms with Gasteiger partial charge in [0.25, 0.3) is 0 Å². The van der Waals surface area contributed by atoms with E-state index in [1.807, 2.05) is 39.1 Å². The molecule has 1 N–H and O–H groups in total. The number of methoxy groups -OCH3 is 1. The molecule has 1 heterocycles. The van der Waals surface area contributed by atoms with Crippen LogP contribution in [0.2, 0.25) is 0 Å². The molecule has 1 rings (SSSR count). The van der Waals surface area contributed by atoms with Crippen LogP contribution in [0.25, 0.3) is 0 Å². The summed E-state index contributed by atoms with van der Waals surface area (Å²) in [5.41, 5.74) is 1.91. The second-order valence-electron chi connectivity index (χ2n) is 4.01. The maximum atomic E-state index is 5.30. The number of anilines is 1. The molecule has 0 atom stereocenters. The van der Waals surface area contributed by atoms with Gasteiger partial charge >= 0.3 is 0 Å². The number of pyridine rings is 1. The molecule has 0 aromatic carbocycles. The molecular formula is C11H18N2O. The highest BCUT2D eigenvalue weighted by Crippen LogP contribution is 2.11. The zero-order valence-corrected chi connectivity index (χ0v) is 9.29. The lowest BCUT2D eigenvalue weighted by Gasteiger charge is -2.23. The van der Waals surface area contributed by atoms with Crippen LogP contribution in [-0.4, -0.2) is 24.2 Å². The number of aromatic nitrogens is 1. The van der Waals surface area contributed by atoms with Crippen LogP contribution in [0.1, 0.15) is 19.5 Å². The topological polar surface area (TPSA) is 34.1 Å². The molecule has 0 radical (unpaired) electrons. The van der Waals surface area contributed by atoms with Crippen molar-refractivity contribution in [3.05, 3.63) is 24.0 Å². The molecule has 3 nitrogen and oxygen atoms in total. The van der Waals surface area contributed by atoms with Crippen LogP contribution in [0.15, 0.2) is 18.3 Å². The summed E-state index contributed by atoms with van der Waals surface area (Å²) in [6.07, 6.45) is 1.83. The molecule has 0 bridgehead atoms. The van der Waals surface area contributed by atoms with E-state index in [0.717, 1.165) is 17.9 Å². The first-order valence-corrected chi connectivity index (χ1v) is 4.75. The maximum Gasteiger partial charge on any atom is 0.0794 e. The van der Waals surface area contributed by atoms with Gasteiger partial charge in [-0.25, -0.2) is 0 Å². The molecule has 0 saturated heterocycles. The Morgan fingerprint density at radius 1 is 1.43 bits per heavy atom. The quantitative estimate of drug-likeness (QED) is 0.798. The normalized spacial score (nSPS) is 11.4. The summed E-state index contributed by atoms with van der Waals surface area (Å²) < 4.78 is 5.30. The molecule has 1 aromatic rings. The fourth-order valence-corrected chi connectivity index (χ4v) is 0.959. The van der Waals surface area contributed by atoms with E-state index in [1.54, 1.807) is 7.11 Å². The summed E-state index contributed by atoms with van der Waals surface area (Å²) in [5, 5.41) is 3.28. The van der Waals surface area contributed by atoms with Crippen molar-refractivity contribution in [3.63, 3.8) is 0 Å². The molecule has 0 aliphatic heterocycles.